The molecule has 5 aromatic carbocycles. The number of benzene rings is 5. The summed E-state index contributed by atoms with van der Waals surface area (Å²) < 4.78 is 13.3. The van der Waals surface area contributed by atoms with Crippen LogP contribution in [0.4, 0.5) is 4.39 Å². The number of nitrogens with zero attached hydrogens (tertiary/aromatic N) is 20. The topological polar surface area (TPSA) is 258 Å². The molecule has 0 spiro atoms. The number of unbranched alkanes of at least 4 members (excludes halogenated alkanes) is 12. The standard InChI is InChI=1S/C34H32FN4.2C34H37N8.3Ir/c1-33(2,3)26-14-7-23(8-15-26)30-37-31(24-9-16-27(17-10-24)34(4,5)6)39-32(38-30)25-13-20-29(36-21-25)22-11-18-28(35)19-12-22;1-3-5-7-12-16-30-36-21-27(22-37-30)33-40-32(26-18-19-29(35-20-26)25-14-10-9-11-15-25)41-34(42-33)28-23-38-31(39-24-28)17-13-8-6-4-2;1-3-5-7-10-14-25-20-36-31(37-21-25)33-40-30(28-18-19-29(35-24-28)27-16-12-9-13-17-27)41-34(42-33)32-38-22-26(23-39-32)15-11-8-6-4-2;;;/h7-11,13-21H,1-6H3;9-11,14,18-24H,3-8,12-13,16-17H2,1-2H3;9,12-13,16,18-24H,3-8,10-11,14-15H2,1-2H3;;;/q3*-1;;;. The van der Waals surface area contributed by atoms with Gasteiger partial charge in [-0.1, -0.05) is 231 Å². The van der Waals surface area contributed by atoms with Gasteiger partial charge in [0.25, 0.3) is 0 Å². The molecule has 20 nitrogen and oxygen atoms in total. The molecule has 651 valence electrons. The molecule has 24 heteroatoms. The van der Waals surface area contributed by atoms with Crippen molar-refractivity contribution in [2.45, 2.75) is 208 Å². The molecular weight excluding hydrogens is 2100 g/mol. The zero-order chi connectivity index (χ0) is 85.8. The average molecular weight is 2210 g/mol. The molecule has 0 saturated heterocycles. The minimum Gasteiger partial charge on any atom is -0.304 e. The van der Waals surface area contributed by atoms with E-state index in [4.69, 9.17) is 44.9 Å². The first-order valence-corrected chi connectivity index (χ1v) is 43.2. The van der Waals surface area contributed by atoms with Gasteiger partial charge in [-0.15, -0.1) is 102 Å². The molecule has 0 saturated carbocycles. The molecule has 3 radical (unpaired) electrons. The van der Waals surface area contributed by atoms with E-state index in [1.54, 1.807) is 49.4 Å². The largest absolute Gasteiger partial charge is 0.304 e. The Morgan fingerprint density at radius 3 is 0.841 bits per heavy atom. The third-order valence-corrected chi connectivity index (χ3v) is 20.9. The Hall–Kier alpha value is -11.2. The fourth-order valence-electron chi connectivity index (χ4n) is 13.5. The maximum absolute atomic E-state index is 13.3. The Morgan fingerprint density at radius 1 is 0.254 bits per heavy atom. The van der Waals surface area contributed by atoms with Crippen LogP contribution in [-0.2, 0) is 96.8 Å². The minimum atomic E-state index is -0.327. The molecule has 0 fully saturated rings. The Bertz CT molecular complexity index is 5320. The van der Waals surface area contributed by atoms with E-state index in [1.807, 2.05) is 110 Å². The molecule has 0 bridgehead atoms. The summed E-state index contributed by atoms with van der Waals surface area (Å²) >= 11 is 0. The number of halogens is 1. The van der Waals surface area contributed by atoms with Gasteiger partial charge in [0.2, 0.25) is 11.6 Å². The number of aryl methyl sites for hydroxylation is 4. The van der Waals surface area contributed by atoms with Gasteiger partial charge in [-0.2, -0.15) is 0 Å². The summed E-state index contributed by atoms with van der Waals surface area (Å²) in [4.78, 5) is 93.9. The first-order chi connectivity index (χ1) is 59.9. The van der Waals surface area contributed by atoms with E-state index in [2.05, 4.69) is 191 Å². The summed E-state index contributed by atoms with van der Waals surface area (Å²) in [5, 5.41) is 0. The number of pyridine rings is 3. The molecule has 0 amide bonds. The molecule has 0 atom stereocenters. The van der Waals surface area contributed by atoms with Crippen molar-refractivity contribution in [3.8, 4) is 137 Å². The van der Waals surface area contributed by atoms with Crippen molar-refractivity contribution >= 4 is 0 Å². The molecule has 0 aliphatic rings. The van der Waals surface area contributed by atoms with Crippen LogP contribution in [0.1, 0.15) is 206 Å². The Morgan fingerprint density at radius 2 is 0.548 bits per heavy atom. The van der Waals surface area contributed by atoms with E-state index in [9.17, 15) is 4.39 Å². The predicted molar refractivity (Wildman–Crippen MR) is 486 cm³/mol. The van der Waals surface area contributed by atoms with Crippen molar-refractivity contribution in [2.24, 2.45) is 0 Å². The van der Waals surface area contributed by atoms with Crippen LogP contribution < -0.4 is 0 Å². The molecule has 0 N–H and O–H groups in total. The number of rotatable bonds is 32. The molecule has 0 aliphatic carbocycles. The van der Waals surface area contributed by atoms with Crippen LogP contribution >= 0.6 is 0 Å². The van der Waals surface area contributed by atoms with Crippen molar-refractivity contribution in [1.29, 1.82) is 0 Å². The van der Waals surface area contributed by atoms with Gasteiger partial charge in [-0.05, 0) is 88.7 Å². The molecule has 15 aromatic rings. The number of hydrogen-bond acceptors (Lipinski definition) is 20. The molecule has 10 aromatic heterocycles. The molecule has 0 unspecified atom stereocenters. The van der Waals surface area contributed by atoms with Crippen LogP contribution in [0, 0.1) is 24.0 Å². The van der Waals surface area contributed by atoms with Crippen molar-refractivity contribution in [1.82, 2.24) is 99.7 Å². The van der Waals surface area contributed by atoms with Crippen LogP contribution in [0.3, 0.4) is 0 Å². The molecule has 126 heavy (non-hydrogen) atoms. The van der Waals surface area contributed by atoms with Gasteiger partial charge >= 0.3 is 0 Å². The van der Waals surface area contributed by atoms with Crippen LogP contribution in [0.2, 0.25) is 0 Å². The Labute approximate surface area is 781 Å². The second kappa shape index (κ2) is 48.5. The van der Waals surface area contributed by atoms with E-state index in [-0.39, 0.29) is 77.0 Å². The summed E-state index contributed by atoms with van der Waals surface area (Å²) in [6.45, 7) is 22.0. The minimum absolute atomic E-state index is 0. The van der Waals surface area contributed by atoms with Gasteiger partial charge in [-0.3, -0.25) is 4.39 Å². The third-order valence-electron chi connectivity index (χ3n) is 20.9. The van der Waals surface area contributed by atoms with Crippen LogP contribution in [0.25, 0.3) is 137 Å². The third kappa shape index (κ3) is 27.9. The first-order valence-electron chi connectivity index (χ1n) is 43.2. The maximum atomic E-state index is 13.3. The molecule has 10 heterocycles. The first kappa shape index (κ1) is 97.0. The van der Waals surface area contributed by atoms with Gasteiger partial charge in [0.15, 0.2) is 52.4 Å². The molecule has 15 rings (SSSR count). The van der Waals surface area contributed by atoms with Gasteiger partial charge in [0.1, 0.15) is 11.6 Å². The van der Waals surface area contributed by atoms with E-state index in [0.29, 0.717) is 69.8 Å². The van der Waals surface area contributed by atoms with E-state index >= 15 is 0 Å². The second-order valence-corrected chi connectivity index (χ2v) is 32.7. The van der Waals surface area contributed by atoms with Gasteiger partial charge in [-0.25, -0.2) is 84.7 Å². The fraction of sp³-hybridized carbons (Fsp3) is 0.314. The van der Waals surface area contributed by atoms with Crippen molar-refractivity contribution in [3.05, 3.63) is 278 Å². The summed E-state index contributed by atoms with van der Waals surface area (Å²) in [6, 6.07) is 57.7. The van der Waals surface area contributed by atoms with Crippen molar-refractivity contribution < 1.29 is 64.7 Å². The maximum Gasteiger partial charge on any atom is 0.201 e. The average Bonchev–Trinajstić information content (AvgIpc) is 0.800. The fourth-order valence-corrected chi connectivity index (χ4v) is 13.5. The Balaban J connectivity index is 0.000000195. The van der Waals surface area contributed by atoms with Crippen molar-refractivity contribution in [3.63, 3.8) is 0 Å². The zero-order valence-corrected chi connectivity index (χ0v) is 80.4. The van der Waals surface area contributed by atoms with Crippen LogP contribution in [-0.4, -0.2) is 99.7 Å². The monoisotopic (exact) mass is 2210 g/mol. The summed E-state index contributed by atoms with van der Waals surface area (Å²) in [5.41, 5.74) is 15.3. The van der Waals surface area contributed by atoms with E-state index in [1.165, 1.54) is 100 Å². The van der Waals surface area contributed by atoms with Crippen LogP contribution in [0.5, 0.6) is 0 Å². The molecular formula is C102H106FIr3N20-3. The Kier molecular flexibility index (Phi) is 37.3. The zero-order valence-electron chi connectivity index (χ0n) is 73.2. The summed E-state index contributed by atoms with van der Waals surface area (Å²) in [7, 11) is 0. The van der Waals surface area contributed by atoms with E-state index in [0.717, 1.165) is 141 Å². The second-order valence-electron chi connectivity index (χ2n) is 32.7. The quantitative estimate of drug-likeness (QED) is 0.0280. The normalized spacial score (nSPS) is 11.1. The summed E-state index contributed by atoms with van der Waals surface area (Å²) in [6.07, 6.45) is 42.7. The molecule has 0 aliphatic heterocycles. The van der Waals surface area contributed by atoms with Gasteiger partial charge < -0.3 is 15.0 Å². The van der Waals surface area contributed by atoms with E-state index < -0.39 is 0 Å². The SMILES string of the molecule is CC(C)(C)c1ccc(-c2nc(-c3ccc(C(C)(C)C)cc3)nc(-c3ccc(-c4[c-]cc(F)cc4)nc3)n2)cc1.CCCCCCc1cnc(-c2nc(-c3ccc(-c4[c-]cccc4)nc3)nc(-c3ncc(CCCCCC)cn3)n2)nc1.CCCCCCc1ncc(-c2nc(-c3ccc(-c4[c-]cccc4)nc3)nc(-c3cnc(CCCCCC)nc3)n2)cn1.[Ir].[Ir].[Ir]. The van der Waals surface area contributed by atoms with Gasteiger partial charge in [0.05, 0.1) is 11.1 Å². The smallest absolute Gasteiger partial charge is 0.201 e. The number of hydrogen-bond donors (Lipinski definition) is 0. The number of aromatic nitrogens is 20. The van der Waals surface area contributed by atoms with Crippen molar-refractivity contribution in [2.75, 3.05) is 0 Å². The predicted octanol–water partition coefficient (Wildman–Crippen LogP) is 23.6. The van der Waals surface area contributed by atoms with Gasteiger partial charge in [0, 0.05) is 175 Å². The summed E-state index contributed by atoms with van der Waals surface area (Å²) in [5.74, 6) is 6.69. The van der Waals surface area contributed by atoms with Crippen LogP contribution in [0.15, 0.2) is 220 Å².